The molecular weight excluding hydrogens is 228 g/mol. The van der Waals surface area contributed by atoms with Crippen molar-refractivity contribution in [3.05, 3.63) is 12.4 Å². The highest BCUT2D eigenvalue weighted by atomic mass is 32.2. The fourth-order valence-corrected chi connectivity index (χ4v) is 2.14. The Morgan fingerprint density at radius 2 is 2.50 bits per heavy atom. The van der Waals surface area contributed by atoms with E-state index < -0.39 is 12.1 Å². The summed E-state index contributed by atoms with van der Waals surface area (Å²) in [5, 5.41) is 9.75. The first kappa shape index (κ1) is 13.1. The van der Waals surface area contributed by atoms with Gasteiger partial charge in [0.25, 0.3) is 0 Å². The Hall–Kier alpha value is -1.01. The minimum Gasteiger partial charge on any atom is -0.479 e. The SMILES string of the molecule is CCOC(CCSc1nccn1C)C(=O)O. The molecule has 1 aromatic heterocycles. The molecule has 0 bridgehead atoms. The first-order chi connectivity index (χ1) is 7.65. The Kier molecular flexibility index (Phi) is 5.34. The van der Waals surface area contributed by atoms with Gasteiger partial charge in [-0.2, -0.15) is 0 Å². The number of aromatic nitrogens is 2. The monoisotopic (exact) mass is 244 g/mol. The van der Waals surface area contributed by atoms with Crippen LogP contribution in [0.25, 0.3) is 0 Å². The Morgan fingerprint density at radius 1 is 1.75 bits per heavy atom. The van der Waals surface area contributed by atoms with Crippen molar-refractivity contribution in [1.29, 1.82) is 0 Å². The molecule has 90 valence electrons. The molecule has 1 heterocycles. The second-order valence-corrected chi connectivity index (χ2v) is 4.30. The quantitative estimate of drug-likeness (QED) is 0.734. The number of carboxylic acids is 1. The molecule has 0 saturated heterocycles. The van der Waals surface area contributed by atoms with Crippen LogP contribution in [0.15, 0.2) is 17.6 Å². The highest BCUT2D eigenvalue weighted by Crippen LogP contribution is 2.17. The van der Waals surface area contributed by atoms with Crippen molar-refractivity contribution < 1.29 is 14.6 Å². The van der Waals surface area contributed by atoms with Crippen molar-refractivity contribution in [2.45, 2.75) is 24.6 Å². The minimum absolute atomic E-state index is 0.421. The molecule has 1 rings (SSSR count). The van der Waals surface area contributed by atoms with Crippen LogP contribution in [-0.2, 0) is 16.6 Å². The predicted octanol–water partition coefficient (Wildman–Crippen LogP) is 1.39. The highest BCUT2D eigenvalue weighted by Gasteiger charge is 2.17. The third kappa shape index (κ3) is 3.86. The van der Waals surface area contributed by atoms with Gasteiger partial charge in [-0.25, -0.2) is 9.78 Å². The highest BCUT2D eigenvalue weighted by molar-refractivity contribution is 7.99. The van der Waals surface area contributed by atoms with Gasteiger partial charge in [-0.1, -0.05) is 11.8 Å². The molecule has 0 saturated carbocycles. The summed E-state index contributed by atoms with van der Waals surface area (Å²) >= 11 is 1.53. The number of aryl methyl sites for hydroxylation is 1. The van der Waals surface area contributed by atoms with E-state index in [1.54, 1.807) is 13.1 Å². The molecule has 6 heteroatoms. The number of ether oxygens (including phenoxy) is 1. The Labute approximate surface area is 98.8 Å². The molecule has 0 aliphatic rings. The summed E-state index contributed by atoms with van der Waals surface area (Å²) in [6, 6.07) is 0. The summed E-state index contributed by atoms with van der Waals surface area (Å²) < 4.78 is 7.02. The van der Waals surface area contributed by atoms with Gasteiger partial charge in [0.2, 0.25) is 0 Å². The number of aliphatic carboxylic acids is 1. The molecule has 0 aromatic carbocycles. The summed E-state index contributed by atoms with van der Waals surface area (Å²) in [4.78, 5) is 14.9. The van der Waals surface area contributed by atoms with E-state index >= 15 is 0 Å². The molecule has 1 unspecified atom stereocenters. The average Bonchev–Trinajstić information content (AvgIpc) is 2.63. The van der Waals surface area contributed by atoms with Crippen LogP contribution in [0.4, 0.5) is 0 Å². The topological polar surface area (TPSA) is 64.4 Å². The summed E-state index contributed by atoms with van der Waals surface area (Å²) in [5.41, 5.74) is 0. The third-order valence-corrected chi connectivity index (χ3v) is 3.12. The Bertz CT molecular complexity index is 341. The first-order valence-corrected chi connectivity index (χ1v) is 6.08. The molecular formula is C10H16N2O3S. The van der Waals surface area contributed by atoms with Gasteiger partial charge in [0.1, 0.15) is 0 Å². The van der Waals surface area contributed by atoms with Crippen molar-refractivity contribution in [1.82, 2.24) is 9.55 Å². The summed E-state index contributed by atoms with van der Waals surface area (Å²) in [5.74, 6) is -0.218. The molecule has 1 N–H and O–H groups in total. The van der Waals surface area contributed by atoms with E-state index in [-0.39, 0.29) is 0 Å². The second kappa shape index (κ2) is 6.55. The Balaban J connectivity index is 2.33. The lowest BCUT2D eigenvalue weighted by Crippen LogP contribution is -2.24. The molecule has 0 spiro atoms. The van der Waals surface area contributed by atoms with Crippen molar-refractivity contribution in [2.75, 3.05) is 12.4 Å². The smallest absolute Gasteiger partial charge is 0.332 e. The van der Waals surface area contributed by atoms with Crippen LogP contribution in [0, 0.1) is 0 Å². The van der Waals surface area contributed by atoms with Gasteiger partial charge in [-0.15, -0.1) is 0 Å². The van der Waals surface area contributed by atoms with Crippen molar-refractivity contribution in [3.8, 4) is 0 Å². The minimum atomic E-state index is -0.901. The molecule has 0 aliphatic carbocycles. The number of hydrogen-bond donors (Lipinski definition) is 1. The standard InChI is InChI=1S/C10H16N2O3S/c1-3-15-8(9(13)14)4-7-16-10-11-5-6-12(10)2/h5-6,8H,3-4,7H2,1-2H3,(H,13,14). The second-order valence-electron chi connectivity index (χ2n) is 3.24. The molecule has 0 aliphatic heterocycles. The van der Waals surface area contributed by atoms with E-state index in [9.17, 15) is 4.79 Å². The number of imidazole rings is 1. The lowest BCUT2D eigenvalue weighted by Gasteiger charge is -2.11. The largest absolute Gasteiger partial charge is 0.479 e. The molecule has 1 aromatic rings. The third-order valence-electron chi connectivity index (χ3n) is 2.03. The van der Waals surface area contributed by atoms with Crippen molar-refractivity contribution in [2.24, 2.45) is 7.05 Å². The van der Waals surface area contributed by atoms with Crippen LogP contribution in [0.3, 0.4) is 0 Å². The fourth-order valence-electron chi connectivity index (χ4n) is 1.23. The van der Waals surface area contributed by atoms with Crippen LogP contribution in [0.1, 0.15) is 13.3 Å². The van der Waals surface area contributed by atoms with Gasteiger partial charge in [0.15, 0.2) is 11.3 Å². The lowest BCUT2D eigenvalue weighted by atomic mass is 10.3. The molecule has 0 radical (unpaired) electrons. The van der Waals surface area contributed by atoms with Crippen LogP contribution in [-0.4, -0.2) is 39.1 Å². The van der Waals surface area contributed by atoms with Gasteiger partial charge in [-0.05, 0) is 13.3 Å². The van der Waals surface area contributed by atoms with Gasteiger partial charge < -0.3 is 14.4 Å². The molecule has 1 atom stereocenters. The number of nitrogens with zero attached hydrogens (tertiary/aromatic N) is 2. The van der Waals surface area contributed by atoms with E-state index in [0.717, 1.165) is 5.16 Å². The summed E-state index contributed by atoms with van der Waals surface area (Å²) in [7, 11) is 1.91. The maximum absolute atomic E-state index is 10.8. The van der Waals surface area contributed by atoms with E-state index in [1.807, 2.05) is 17.8 Å². The normalized spacial score (nSPS) is 12.6. The van der Waals surface area contributed by atoms with Crippen molar-refractivity contribution >= 4 is 17.7 Å². The fraction of sp³-hybridized carbons (Fsp3) is 0.600. The van der Waals surface area contributed by atoms with Crippen LogP contribution in [0.5, 0.6) is 0 Å². The van der Waals surface area contributed by atoms with Gasteiger partial charge >= 0.3 is 5.97 Å². The van der Waals surface area contributed by atoms with Gasteiger partial charge in [-0.3, -0.25) is 0 Å². The number of carboxylic acid groups (broad SMARTS) is 1. The zero-order valence-electron chi connectivity index (χ0n) is 9.42. The van der Waals surface area contributed by atoms with Gasteiger partial charge in [0.05, 0.1) is 0 Å². The molecule has 16 heavy (non-hydrogen) atoms. The zero-order valence-corrected chi connectivity index (χ0v) is 10.2. The molecule has 0 fully saturated rings. The maximum Gasteiger partial charge on any atom is 0.332 e. The van der Waals surface area contributed by atoms with E-state index in [0.29, 0.717) is 18.8 Å². The number of hydrogen-bond acceptors (Lipinski definition) is 4. The lowest BCUT2D eigenvalue weighted by molar-refractivity contribution is -0.150. The van der Waals surface area contributed by atoms with E-state index in [4.69, 9.17) is 9.84 Å². The van der Waals surface area contributed by atoms with Crippen LogP contribution in [0.2, 0.25) is 0 Å². The summed E-state index contributed by atoms with van der Waals surface area (Å²) in [6.07, 6.45) is 3.36. The number of carbonyl (C=O) groups is 1. The first-order valence-electron chi connectivity index (χ1n) is 5.09. The van der Waals surface area contributed by atoms with Crippen LogP contribution < -0.4 is 0 Å². The number of thioether (sulfide) groups is 1. The Morgan fingerprint density at radius 3 is 3.00 bits per heavy atom. The van der Waals surface area contributed by atoms with Gasteiger partial charge in [0, 0.05) is 31.8 Å². The predicted molar refractivity (Wildman–Crippen MR) is 61.6 cm³/mol. The number of rotatable bonds is 7. The molecule has 5 nitrogen and oxygen atoms in total. The van der Waals surface area contributed by atoms with Crippen molar-refractivity contribution in [3.63, 3.8) is 0 Å². The molecule has 0 amide bonds. The van der Waals surface area contributed by atoms with E-state index in [2.05, 4.69) is 4.98 Å². The summed E-state index contributed by atoms with van der Waals surface area (Å²) in [6.45, 7) is 2.21. The maximum atomic E-state index is 10.8. The zero-order chi connectivity index (χ0) is 12.0. The average molecular weight is 244 g/mol. The van der Waals surface area contributed by atoms with E-state index in [1.165, 1.54) is 11.8 Å². The van der Waals surface area contributed by atoms with Crippen LogP contribution >= 0.6 is 11.8 Å².